The Morgan fingerprint density at radius 2 is 2.06 bits per heavy atom. The first-order chi connectivity index (χ1) is 8.38. The van der Waals surface area contributed by atoms with Crippen LogP contribution in [0.2, 0.25) is 0 Å². The molecule has 1 nitrogen and oxygen atoms in total. The molecule has 1 aromatic carbocycles. The highest BCUT2D eigenvalue weighted by atomic mass is 15.1. The molecule has 1 unspecified atom stereocenters. The van der Waals surface area contributed by atoms with Crippen molar-refractivity contribution in [3.8, 4) is 0 Å². The largest absolute Gasteiger partial charge is 0.373 e. The van der Waals surface area contributed by atoms with E-state index in [4.69, 9.17) is 0 Å². The van der Waals surface area contributed by atoms with Gasteiger partial charge in [-0.3, -0.25) is 0 Å². The summed E-state index contributed by atoms with van der Waals surface area (Å²) in [4.78, 5) is 2.28. The molecule has 0 bridgehead atoms. The molecule has 0 heterocycles. The molecule has 1 aliphatic rings. The van der Waals surface area contributed by atoms with Gasteiger partial charge in [0, 0.05) is 13.1 Å². The molecule has 0 amide bonds. The summed E-state index contributed by atoms with van der Waals surface area (Å²) in [7, 11) is 0. The lowest BCUT2D eigenvalue weighted by atomic mass is 10.0. The highest BCUT2D eigenvalue weighted by molar-refractivity contribution is 5.15. The molecular formula is C16H19N. The third-order valence-electron chi connectivity index (χ3n) is 3.03. The first-order valence-electron chi connectivity index (χ1n) is 6.12. The van der Waals surface area contributed by atoms with Crippen LogP contribution in [0, 0.1) is 5.92 Å². The van der Waals surface area contributed by atoms with Gasteiger partial charge in [0.2, 0.25) is 0 Å². The van der Waals surface area contributed by atoms with Gasteiger partial charge in [-0.1, -0.05) is 61.2 Å². The summed E-state index contributed by atoms with van der Waals surface area (Å²) in [5, 5.41) is 0. The van der Waals surface area contributed by atoms with Gasteiger partial charge in [-0.25, -0.2) is 0 Å². The molecular weight excluding hydrogens is 206 g/mol. The zero-order chi connectivity index (χ0) is 11.9. The molecule has 0 fully saturated rings. The number of hydrogen-bond acceptors (Lipinski definition) is 1. The van der Waals surface area contributed by atoms with Crippen LogP contribution in [0.4, 0.5) is 0 Å². The molecule has 1 aliphatic carbocycles. The van der Waals surface area contributed by atoms with E-state index in [1.54, 1.807) is 0 Å². The van der Waals surface area contributed by atoms with Crippen molar-refractivity contribution in [2.75, 3.05) is 6.54 Å². The lowest BCUT2D eigenvalue weighted by Gasteiger charge is -2.24. The number of rotatable bonds is 5. The van der Waals surface area contributed by atoms with Crippen LogP contribution in [0.25, 0.3) is 0 Å². The molecule has 88 valence electrons. The lowest BCUT2D eigenvalue weighted by Crippen LogP contribution is -2.23. The normalized spacial score (nSPS) is 18.0. The van der Waals surface area contributed by atoms with Crippen molar-refractivity contribution in [3.05, 3.63) is 73.0 Å². The van der Waals surface area contributed by atoms with Crippen molar-refractivity contribution in [2.24, 2.45) is 5.92 Å². The van der Waals surface area contributed by atoms with E-state index in [9.17, 15) is 0 Å². The summed E-state index contributed by atoms with van der Waals surface area (Å²) in [6.45, 7) is 5.89. The Morgan fingerprint density at radius 3 is 2.71 bits per heavy atom. The van der Waals surface area contributed by atoms with Crippen LogP contribution < -0.4 is 0 Å². The molecule has 0 saturated carbocycles. The van der Waals surface area contributed by atoms with E-state index in [1.165, 1.54) is 5.56 Å². The lowest BCUT2D eigenvalue weighted by molar-refractivity contribution is 0.329. The SMILES string of the molecule is C=CN(Cc1ccccc1)CC1C=CC=CC1. The summed E-state index contributed by atoms with van der Waals surface area (Å²) < 4.78 is 0. The topological polar surface area (TPSA) is 3.24 Å². The third kappa shape index (κ3) is 3.63. The predicted molar refractivity (Wildman–Crippen MR) is 73.4 cm³/mol. The minimum atomic E-state index is 0.613. The average molecular weight is 225 g/mol. The van der Waals surface area contributed by atoms with Crippen molar-refractivity contribution in [1.29, 1.82) is 0 Å². The smallest absolute Gasteiger partial charge is 0.0423 e. The van der Waals surface area contributed by atoms with E-state index in [-0.39, 0.29) is 0 Å². The second-order valence-electron chi connectivity index (χ2n) is 4.41. The molecule has 0 aliphatic heterocycles. The minimum Gasteiger partial charge on any atom is -0.373 e. The zero-order valence-electron chi connectivity index (χ0n) is 10.1. The number of benzene rings is 1. The van der Waals surface area contributed by atoms with Gasteiger partial charge in [-0.15, -0.1) is 0 Å². The highest BCUT2D eigenvalue weighted by Gasteiger charge is 2.09. The monoisotopic (exact) mass is 225 g/mol. The van der Waals surface area contributed by atoms with Gasteiger partial charge < -0.3 is 4.90 Å². The summed E-state index contributed by atoms with van der Waals surface area (Å²) in [5.41, 5.74) is 1.34. The number of nitrogens with zero attached hydrogens (tertiary/aromatic N) is 1. The van der Waals surface area contributed by atoms with Gasteiger partial charge in [-0.2, -0.15) is 0 Å². The molecule has 17 heavy (non-hydrogen) atoms. The van der Waals surface area contributed by atoms with E-state index in [0.717, 1.165) is 19.5 Å². The molecule has 1 heteroatoms. The summed E-state index contributed by atoms with van der Waals surface area (Å²) >= 11 is 0. The van der Waals surface area contributed by atoms with Crippen LogP contribution >= 0.6 is 0 Å². The fraction of sp³-hybridized carbons (Fsp3) is 0.250. The average Bonchev–Trinajstić information content (AvgIpc) is 2.40. The number of allylic oxidation sites excluding steroid dienone is 3. The van der Waals surface area contributed by atoms with Gasteiger partial charge in [0.05, 0.1) is 0 Å². The van der Waals surface area contributed by atoms with Gasteiger partial charge in [-0.05, 0) is 24.1 Å². The van der Waals surface area contributed by atoms with Crippen LogP contribution in [0.15, 0.2) is 67.4 Å². The quantitative estimate of drug-likeness (QED) is 0.737. The molecule has 1 atom stereocenters. The zero-order valence-corrected chi connectivity index (χ0v) is 10.1. The molecule has 0 aromatic heterocycles. The molecule has 0 saturated heterocycles. The maximum absolute atomic E-state index is 3.91. The molecule has 1 aromatic rings. The predicted octanol–water partition coefficient (Wildman–Crippen LogP) is 3.76. The molecule has 0 N–H and O–H groups in total. The van der Waals surface area contributed by atoms with Crippen LogP contribution in [0.3, 0.4) is 0 Å². The Labute approximate surface area is 104 Å². The van der Waals surface area contributed by atoms with Crippen molar-refractivity contribution < 1.29 is 0 Å². The van der Waals surface area contributed by atoms with Crippen LogP contribution in [-0.2, 0) is 6.54 Å². The first kappa shape index (κ1) is 11.7. The second-order valence-corrected chi connectivity index (χ2v) is 4.41. The van der Waals surface area contributed by atoms with Crippen LogP contribution in [0.5, 0.6) is 0 Å². The Hall–Kier alpha value is -1.76. The van der Waals surface area contributed by atoms with Gasteiger partial charge in [0.25, 0.3) is 0 Å². The summed E-state index contributed by atoms with van der Waals surface area (Å²) in [5.74, 6) is 0.613. The summed E-state index contributed by atoms with van der Waals surface area (Å²) in [6, 6.07) is 10.5. The van der Waals surface area contributed by atoms with Gasteiger partial charge in [0.15, 0.2) is 0 Å². The highest BCUT2D eigenvalue weighted by Crippen LogP contribution is 2.15. The minimum absolute atomic E-state index is 0.613. The Morgan fingerprint density at radius 1 is 1.24 bits per heavy atom. The first-order valence-corrected chi connectivity index (χ1v) is 6.12. The standard InChI is InChI=1S/C16H19N/c1-2-17(13-15-9-5-3-6-10-15)14-16-11-7-4-8-12-16/h2-11,16H,1,12-14H2. The van der Waals surface area contributed by atoms with E-state index >= 15 is 0 Å². The molecule has 0 spiro atoms. The van der Waals surface area contributed by atoms with E-state index in [0.29, 0.717) is 5.92 Å². The Kier molecular flexibility index (Phi) is 4.20. The summed E-state index contributed by atoms with van der Waals surface area (Å²) in [6.07, 6.45) is 11.8. The fourth-order valence-electron chi connectivity index (χ4n) is 2.09. The Balaban J connectivity index is 1.91. The van der Waals surface area contributed by atoms with Gasteiger partial charge in [0.1, 0.15) is 0 Å². The maximum atomic E-state index is 3.91. The maximum Gasteiger partial charge on any atom is 0.0423 e. The van der Waals surface area contributed by atoms with E-state index in [1.807, 2.05) is 6.20 Å². The van der Waals surface area contributed by atoms with E-state index < -0.39 is 0 Å². The van der Waals surface area contributed by atoms with Crippen molar-refractivity contribution in [3.63, 3.8) is 0 Å². The van der Waals surface area contributed by atoms with Crippen LogP contribution in [-0.4, -0.2) is 11.4 Å². The van der Waals surface area contributed by atoms with Crippen molar-refractivity contribution in [1.82, 2.24) is 4.90 Å². The third-order valence-corrected chi connectivity index (χ3v) is 3.03. The fourth-order valence-corrected chi connectivity index (χ4v) is 2.09. The van der Waals surface area contributed by atoms with Crippen LogP contribution in [0.1, 0.15) is 12.0 Å². The number of hydrogen-bond donors (Lipinski definition) is 0. The second kappa shape index (κ2) is 6.09. The van der Waals surface area contributed by atoms with Gasteiger partial charge >= 0.3 is 0 Å². The Bertz CT molecular complexity index is 403. The van der Waals surface area contributed by atoms with Crippen molar-refractivity contribution in [2.45, 2.75) is 13.0 Å². The van der Waals surface area contributed by atoms with E-state index in [2.05, 4.69) is 66.1 Å². The molecule has 2 rings (SSSR count). The molecule has 0 radical (unpaired) electrons. The van der Waals surface area contributed by atoms with Crippen molar-refractivity contribution >= 4 is 0 Å².